The van der Waals surface area contributed by atoms with Gasteiger partial charge in [0.2, 0.25) is 0 Å². The van der Waals surface area contributed by atoms with Crippen molar-refractivity contribution in [3.63, 3.8) is 0 Å². The van der Waals surface area contributed by atoms with E-state index in [1.165, 1.54) is 0 Å². The van der Waals surface area contributed by atoms with Gasteiger partial charge in [-0.2, -0.15) is 0 Å². The average molecular weight is 200 g/mol. The third kappa shape index (κ3) is 2.14. The molecule has 0 heterocycles. The summed E-state index contributed by atoms with van der Waals surface area (Å²) < 4.78 is 0. The van der Waals surface area contributed by atoms with E-state index in [1.807, 2.05) is 0 Å². The Balaban J connectivity index is 5.22. The fraction of sp³-hybridized carbons (Fsp3) is 0.818. The van der Waals surface area contributed by atoms with Gasteiger partial charge in [0, 0.05) is 5.41 Å². The monoisotopic (exact) mass is 200 g/mol. The van der Waals surface area contributed by atoms with Crippen molar-refractivity contribution in [3.05, 3.63) is 0 Å². The van der Waals surface area contributed by atoms with E-state index in [0.717, 1.165) is 0 Å². The Hall–Kier alpha value is -0.860. The quantitative estimate of drug-likeness (QED) is 0.709. The highest BCUT2D eigenvalue weighted by Gasteiger charge is 2.47. The molecule has 0 unspecified atom stereocenters. The van der Waals surface area contributed by atoms with Crippen LogP contribution in [0.4, 0.5) is 0 Å². The number of carbonyl (C=O) groups is 2. The van der Waals surface area contributed by atoms with E-state index in [1.54, 1.807) is 34.6 Å². The smallest absolute Gasteiger partial charge is 0.317 e. The second-order valence-corrected chi connectivity index (χ2v) is 4.67. The molecule has 0 fully saturated rings. The van der Waals surface area contributed by atoms with Gasteiger partial charge in [0.1, 0.15) is 5.41 Å². The van der Waals surface area contributed by atoms with Gasteiger partial charge in [-0.25, -0.2) is 0 Å². The zero-order chi connectivity index (χ0) is 11.6. The van der Waals surface area contributed by atoms with Crippen molar-refractivity contribution >= 4 is 11.8 Å². The van der Waals surface area contributed by atoms with Crippen LogP contribution in [0.25, 0.3) is 0 Å². The van der Waals surface area contributed by atoms with Crippen LogP contribution < -0.4 is 0 Å². The summed E-state index contributed by atoms with van der Waals surface area (Å²) >= 11 is 0. The number of Topliss-reactive ketones (excluding diaryl/α,β-unsaturated/α-hetero) is 1. The molecule has 0 saturated carbocycles. The third-order valence-corrected chi connectivity index (χ3v) is 2.73. The Kier molecular flexibility index (Phi) is 3.86. The van der Waals surface area contributed by atoms with Gasteiger partial charge in [0.15, 0.2) is 5.78 Å². The summed E-state index contributed by atoms with van der Waals surface area (Å²) in [7, 11) is 0. The van der Waals surface area contributed by atoms with Gasteiger partial charge in [-0.15, -0.1) is 0 Å². The first-order valence-corrected chi connectivity index (χ1v) is 5.00. The van der Waals surface area contributed by atoms with E-state index in [9.17, 15) is 9.59 Å². The standard InChI is InChI=1S/C11H20O3/c1-6-11(7-2,9(13)14)8(12)10(3,4)5/h6-7H2,1-5H3,(H,13,14). The molecular formula is C11H20O3. The highest BCUT2D eigenvalue weighted by atomic mass is 16.4. The molecule has 3 nitrogen and oxygen atoms in total. The molecular weight excluding hydrogens is 180 g/mol. The summed E-state index contributed by atoms with van der Waals surface area (Å²) in [5.74, 6) is -1.18. The molecule has 0 aromatic heterocycles. The maximum Gasteiger partial charge on any atom is 0.317 e. The van der Waals surface area contributed by atoms with Crippen LogP contribution in [0.15, 0.2) is 0 Å². The molecule has 14 heavy (non-hydrogen) atoms. The molecule has 0 saturated heterocycles. The van der Waals surface area contributed by atoms with E-state index in [0.29, 0.717) is 12.8 Å². The molecule has 0 radical (unpaired) electrons. The van der Waals surface area contributed by atoms with E-state index in [-0.39, 0.29) is 5.78 Å². The molecule has 1 N–H and O–H groups in total. The van der Waals surface area contributed by atoms with E-state index in [4.69, 9.17) is 5.11 Å². The molecule has 0 rings (SSSR count). The van der Waals surface area contributed by atoms with Crippen LogP contribution in [0, 0.1) is 10.8 Å². The summed E-state index contributed by atoms with van der Waals surface area (Å²) in [5, 5.41) is 9.14. The van der Waals surface area contributed by atoms with Crippen LogP contribution in [-0.2, 0) is 9.59 Å². The van der Waals surface area contributed by atoms with Crippen LogP contribution in [0.3, 0.4) is 0 Å². The molecule has 0 aliphatic heterocycles. The topological polar surface area (TPSA) is 54.4 Å². The molecule has 0 amide bonds. The van der Waals surface area contributed by atoms with Gasteiger partial charge < -0.3 is 5.11 Å². The van der Waals surface area contributed by atoms with Crippen molar-refractivity contribution in [1.29, 1.82) is 0 Å². The molecule has 0 aromatic carbocycles. The fourth-order valence-electron chi connectivity index (χ4n) is 1.69. The first-order valence-electron chi connectivity index (χ1n) is 5.00. The fourth-order valence-corrected chi connectivity index (χ4v) is 1.69. The number of hydrogen-bond donors (Lipinski definition) is 1. The van der Waals surface area contributed by atoms with Crippen molar-refractivity contribution in [2.75, 3.05) is 0 Å². The third-order valence-electron chi connectivity index (χ3n) is 2.73. The Morgan fingerprint density at radius 3 is 1.50 bits per heavy atom. The van der Waals surface area contributed by atoms with Crippen LogP contribution in [-0.4, -0.2) is 16.9 Å². The maximum absolute atomic E-state index is 12.0. The summed E-state index contributed by atoms with van der Waals surface area (Å²) in [6.07, 6.45) is 0.712. The highest BCUT2D eigenvalue weighted by Crippen LogP contribution is 2.35. The van der Waals surface area contributed by atoms with Crippen molar-refractivity contribution in [2.45, 2.75) is 47.5 Å². The highest BCUT2D eigenvalue weighted by molar-refractivity contribution is 6.05. The van der Waals surface area contributed by atoms with Gasteiger partial charge in [-0.05, 0) is 12.8 Å². The van der Waals surface area contributed by atoms with Gasteiger partial charge in [0.05, 0.1) is 0 Å². The number of carboxylic acids is 1. The molecule has 0 aliphatic rings. The van der Waals surface area contributed by atoms with Crippen LogP contribution >= 0.6 is 0 Å². The summed E-state index contributed by atoms with van der Waals surface area (Å²) in [6, 6.07) is 0. The zero-order valence-electron chi connectivity index (χ0n) is 9.68. The van der Waals surface area contributed by atoms with Gasteiger partial charge in [-0.1, -0.05) is 34.6 Å². The van der Waals surface area contributed by atoms with Crippen LogP contribution in [0.1, 0.15) is 47.5 Å². The second-order valence-electron chi connectivity index (χ2n) is 4.67. The van der Waals surface area contributed by atoms with E-state index in [2.05, 4.69) is 0 Å². The summed E-state index contributed by atoms with van der Waals surface area (Å²) in [5.41, 5.74) is -1.79. The second kappa shape index (κ2) is 4.11. The van der Waals surface area contributed by atoms with Crippen LogP contribution in [0.5, 0.6) is 0 Å². The Bertz CT molecular complexity index is 231. The van der Waals surface area contributed by atoms with Crippen molar-refractivity contribution < 1.29 is 14.7 Å². The van der Waals surface area contributed by atoms with Gasteiger partial charge in [0.25, 0.3) is 0 Å². The van der Waals surface area contributed by atoms with Crippen molar-refractivity contribution in [3.8, 4) is 0 Å². The predicted octanol–water partition coefficient (Wildman–Crippen LogP) is 2.49. The molecule has 0 atom stereocenters. The average Bonchev–Trinajstić information content (AvgIpc) is 2.05. The lowest BCUT2D eigenvalue weighted by atomic mass is 9.69. The maximum atomic E-state index is 12.0. The van der Waals surface area contributed by atoms with Crippen molar-refractivity contribution in [2.24, 2.45) is 10.8 Å². The molecule has 0 aliphatic carbocycles. The largest absolute Gasteiger partial charge is 0.480 e. The number of rotatable bonds is 4. The number of aliphatic carboxylic acids is 1. The molecule has 82 valence electrons. The normalized spacial score (nSPS) is 12.6. The lowest BCUT2D eigenvalue weighted by Gasteiger charge is -2.31. The Labute approximate surface area is 85.5 Å². The lowest BCUT2D eigenvalue weighted by molar-refractivity contribution is -0.159. The number of carbonyl (C=O) groups excluding carboxylic acids is 1. The minimum absolute atomic E-state index is 0.178. The summed E-state index contributed by atoms with van der Waals surface area (Å²) in [4.78, 5) is 23.2. The number of hydrogen-bond acceptors (Lipinski definition) is 2. The Morgan fingerprint density at radius 2 is 1.43 bits per heavy atom. The predicted molar refractivity (Wildman–Crippen MR) is 55.1 cm³/mol. The lowest BCUT2D eigenvalue weighted by Crippen LogP contribution is -2.44. The molecule has 0 aromatic rings. The van der Waals surface area contributed by atoms with E-state index < -0.39 is 16.8 Å². The van der Waals surface area contributed by atoms with Crippen LogP contribution in [0.2, 0.25) is 0 Å². The SMILES string of the molecule is CCC(CC)(C(=O)O)C(=O)C(C)(C)C. The minimum Gasteiger partial charge on any atom is -0.480 e. The van der Waals surface area contributed by atoms with Gasteiger partial charge >= 0.3 is 5.97 Å². The van der Waals surface area contributed by atoms with Crippen molar-refractivity contribution in [1.82, 2.24) is 0 Å². The molecule has 0 bridgehead atoms. The number of ketones is 1. The zero-order valence-corrected chi connectivity index (χ0v) is 9.68. The first kappa shape index (κ1) is 13.1. The molecule has 3 heteroatoms. The Morgan fingerprint density at radius 1 is 1.07 bits per heavy atom. The van der Waals surface area contributed by atoms with E-state index >= 15 is 0 Å². The minimum atomic E-state index is -1.20. The summed E-state index contributed by atoms with van der Waals surface area (Å²) in [6.45, 7) is 8.79. The molecule has 0 spiro atoms. The number of carboxylic acid groups (broad SMARTS) is 1. The first-order chi connectivity index (χ1) is 6.22. The van der Waals surface area contributed by atoms with Gasteiger partial charge in [-0.3, -0.25) is 9.59 Å².